The van der Waals surface area contributed by atoms with Crippen LogP contribution in [0.5, 0.6) is 5.75 Å². The number of rotatable bonds is 7. The number of thioether (sulfide) groups is 1. The number of hydrogen-bond donors (Lipinski definition) is 2. The van der Waals surface area contributed by atoms with E-state index < -0.39 is 11.2 Å². The van der Waals surface area contributed by atoms with Crippen molar-refractivity contribution in [3.63, 3.8) is 0 Å². The fraction of sp³-hybridized carbons (Fsp3) is 0.375. The predicted octanol–water partition coefficient (Wildman–Crippen LogP) is 2.26. The van der Waals surface area contributed by atoms with E-state index >= 15 is 0 Å². The van der Waals surface area contributed by atoms with Crippen molar-refractivity contribution in [2.45, 2.75) is 31.9 Å². The normalized spacial score (nSPS) is 19.4. The minimum atomic E-state index is -1.02. The molecular formula is C16H19N3O4S. The smallest absolute Gasteiger partial charge is 0.305 e. The van der Waals surface area contributed by atoms with Gasteiger partial charge in [0.1, 0.15) is 11.0 Å². The molecule has 0 bridgehead atoms. The quantitative estimate of drug-likeness (QED) is 0.581. The molecule has 8 heteroatoms. The number of carbonyl (C=O) groups is 2. The van der Waals surface area contributed by atoms with Gasteiger partial charge in [-0.15, -0.1) is 5.10 Å². The number of carboxylic acids is 1. The average Bonchev–Trinajstić information content (AvgIpc) is 2.90. The van der Waals surface area contributed by atoms with Crippen molar-refractivity contribution in [3.05, 3.63) is 29.8 Å². The summed E-state index contributed by atoms with van der Waals surface area (Å²) >= 11 is 1.08. The van der Waals surface area contributed by atoms with Crippen molar-refractivity contribution in [1.82, 2.24) is 5.32 Å². The van der Waals surface area contributed by atoms with Gasteiger partial charge in [0, 0.05) is 0 Å². The number of amides is 1. The van der Waals surface area contributed by atoms with Crippen LogP contribution in [0, 0.1) is 0 Å². The van der Waals surface area contributed by atoms with E-state index in [1.54, 1.807) is 0 Å². The van der Waals surface area contributed by atoms with Crippen LogP contribution in [0.4, 0.5) is 0 Å². The Morgan fingerprint density at radius 2 is 2.08 bits per heavy atom. The lowest BCUT2D eigenvalue weighted by atomic mass is 10.1. The van der Waals surface area contributed by atoms with E-state index in [0.29, 0.717) is 17.5 Å². The van der Waals surface area contributed by atoms with Gasteiger partial charge in [0.15, 0.2) is 5.17 Å². The molecule has 1 aromatic rings. The molecule has 1 aliphatic heterocycles. The fourth-order valence-corrected chi connectivity index (χ4v) is 2.84. The molecule has 7 nitrogen and oxygen atoms in total. The topological polar surface area (TPSA) is 100 Å². The Morgan fingerprint density at radius 3 is 2.71 bits per heavy atom. The van der Waals surface area contributed by atoms with Gasteiger partial charge in [-0.05, 0) is 43.2 Å². The fourth-order valence-electron chi connectivity index (χ4n) is 1.94. The second kappa shape index (κ2) is 8.49. The van der Waals surface area contributed by atoms with Crippen molar-refractivity contribution in [2.24, 2.45) is 10.2 Å². The van der Waals surface area contributed by atoms with Gasteiger partial charge in [0.25, 0.3) is 0 Å². The van der Waals surface area contributed by atoms with E-state index in [9.17, 15) is 9.59 Å². The number of hydrogen-bond acceptors (Lipinski definition) is 6. The molecule has 1 heterocycles. The lowest BCUT2D eigenvalue weighted by Crippen LogP contribution is -2.26. The van der Waals surface area contributed by atoms with Gasteiger partial charge in [0.2, 0.25) is 5.91 Å². The maximum atomic E-state index is 11.6. The van der Waals surface area contributed by atoms with Crippen LogP contribution < -0.4 is 10.1 Å². The Bertz CT molecular complexity index is 670. The molecule has 1 aromatic carbocycles. The second-order valence-corrected chi connectivity index (χ2v) is 6.35. The summed E-state index contributed by atoms with van der Waals surface area (Å²) in [6.07, 6.45) is 0.712. The Morgan fingerprint density at radius 1 is 1.38 bits per heavy atom. The summed E-state index contributed by atoms with van der Waals surface area (Å²) in [6, 6.07) is 7.51. The molecule has 1 aliphatic rings. The largest absolute Gasteiger partial charge is 0.494 e. The highest BCUT2D eigenvalue weighted by Gasteiger charge is 2.32. The van der Waals surface area contributed by atoms with Crippen LogP contribution in [-0.4, -0.2) is 39.7 Å². The van der Waals surface area contributed by atoms with Gasteiger partial charge in [-0.2, -0.15) is 5.10 Å². The summed E-state index contributed by atoms with van der Waals surface area (Å²) in [5.74, 6) is -0.574. The van der Waals surface area contributed by atoms with E-state index in [4.69, 9.17) is 9.84 Å². The first-order valence-electron chi connectivity index (χ1n) is 7.54. The van der Waals surface area contributed by atoms with Crippen LogP contribution in [0.1, 0.15) is 32.3 Å². The Balaban J connectivity index is 2.00. The van der Waals surface area contributed by atoms with Gasteiger partial charge in [0.05, 0.1) is 18.7 Å². The molecular weight excluding hydrogens is 330 g/mol. The Kier molecular flexibility index (Phi) is 6.36. The standard InChI is InChI=1S/C16H19N3O4S/c1-3-8-23-12-6-4-11(5-7-12)10(2)18-19-16-17-15(22)13(24-16)9-14(20)21/h4-7,13H,3,8-9H2,1-2H3,(H,20,21)(H,17,19,22)/b18-10+/t13-/m0/s1. The number of carboxylic acid groups (broad SMARTS) is 1. The van der Waals surface area contributed by atoms with E-state index in [-0.39, 0.29) is 12.3 Å². The maximum Gasteiger partial charge on any atom is 0.305 e. The molecule has 24 heavy (non-hydrogen) atoms. The number of nitrogens with zero attached hydrogens (tertiary/aromatic N) is 2. The van der Waals surface area contributed by atoms with Gasteiger partial charge in [-0.3, -0.25) is 9.59 Å². The average molecular weight is 349 g/mol. The predicted molar refractivity (Wildman–Crippen MR) is 93.6 cm³/mol. The van der Waals surface area contributed by atoms with Crippen LogP contribution in [0.25, 0.3) is 0 Å². The molecule has 1 fully saturated rings. The van der Waals surface area contributed by atoms with Crippen molar-refractivity contribution < 1.29 is 19.4 Å². The molecule has 0 saturated carbocycles. The summed E-state index contributed by atoms with van der Waals surface area (Å²) in [4.78, 5) is 22.3. The minimum Gasteiger partial charge on any atom is -0.494 e. The lowest BCUT2D eigenvalue weighted by Gasteiger charge is -2.05. The number of aliphatic carboxylic acids is 1. The van der Waals surface area contributed by atoms with Crippen molar-refractivity contribution in [2.75, 3.05) is 6.61 Å². The number of amidine groups is 1. The summed E-state index contributed by atoms with van der Waals surface area (Å²) in [5.41, 5.74) is 1.57. The third-order valence-electron chi connectivity index (χ3n) is 3.17. The zero-order valence-electron chi connectivity index (χ0n) is 13.5. The summed E-state index contributed by atoms with van der Waals surface area (Å²) in [5, 5.41) is 19.0. The van der Waals surface area contributed by atoms with Crippen molar-refractivity contribution in [1.29, 1.82) is 0 Å². The zero-order chi connectivity index (χ0) is 17.5. The van der Waals surface area contributed by atoms with Gasteiger partial charge in [-0.1, -0.05) is 18.7 Å². The molecule has 2 N–H and O–H groups in total. The molecule has 0 spiro atoms. The van der Waals surface area contributed by atoms with E-state index in [1.807, 2.05) is 38.1 Å². The van der Waals surface area contributed by atoms with Crippen molar-refractivity contribution in [3.8, 4) is 5.75 Å². The molecule has 2 rings (SSSR count). The summed E-state index contributed by atoms with van der Waals surface area (Å²) in [7, 11) is 0. The summed E-state index contributed by atoms with van der Waals surface area (Å²) < 4.78 is 5.52. The molecule has 1 amide bonds. The molecule has 0 unspecified atom stereocenters. The maximum absolute atomic E-state index is 11.6. The number of nitrogens with one attached hydrogen (secondary N) is 1. The molecule has 0 aliphatic carbocycles. The number of ether oxygens (including phenoxy) is 1. The van der Waals surface area contributed by atoms with E-state index in [2.05, 4.69) is 15.5 Å². The third-order valence-corrected chi connectivity index (χ3v) is 4.24. The molecule has 0 radical (unpaired) electrons. The SMILES string of the molecule is CCCOc1ccc(/C(C)=N/N=C2/NC(=O)[C@H](CC(=O)O)S2)cc1. The number of carbonyl (C=O) groups excluding carboxylic acids is 1. The molecule has 1 saturated heterocycles. The molecule has 128 valence electrons. The highest BCUT2D eigenvalue weighted by atomic mass is 32.2. The van der Waals surface area contributed by atoms with Crippen LogP contribution in [0.15, 0.2) is 34.5 Å². The first kappa shape index (κ1) is 18.0. The van der Waals surface area contributed by atoms with Crippen LogP contribution in [-0.2, 0) is 9.59 Å². The first-order chi connectivity index (χ1) is 11.5. The van der Waals surface area contributed by atoms with Gasteiger partial charge < -0.3 is 15.2 Å². The van der Waals surface area contributed by atoms with Gasteiger partial charge in [-0.25, -0.2) is 0 Å². The van der Waals surface area contributed by atoms with E-state index in [0.717, 1.165) is 29.5 Å². The highest BCUT2D eigenvalue weighted by Crippen LogP contribution is 2.22. The van der Waals surface area contributed by atoms with Crippen LogP contribution in [0.3, 0.4) is 0 Å². The molecule has 0 aromatic heterocycles. The second-order valence-electron chi connectivity index (χ2n) is 5.16. The highest BCUT2D eigenvalue weighted by molar-refractivity contribution is 8.15. The first-order valence-corrected chi connectivity index (χ1v) is 8.42. The zero-order valence-corrected chi connectivity index (χ0v) is 14.3. The Hall–Kier alpha value is -2.35. The van der Waals surface area contributed by atoms with Gasteiger partial charge >= 0.3 is 5.97 Å². The summed E-state index contributed by atoms with van der Waals surface area (Å²) in [6.45, 7) is 4.53. The monoisotopic (exact) mass is 349 g/mol. The van der Waals surface area contributed by atoms with Crippen LogP contribution >= 0.6 is 11.8 Å². The molecule has 1 atom stereocenters. The van der Waals surface area contributed by atoms with Crippen molar-refractivity contribution >= 4 is 34.5 Å². The van der Waals surface area contributed by atoms with E-state index in [1.165, 1.54) is 0 Å². The number of benzene rings is 1. The Labute approximate surface area is 144 Å². The van der Waals surface area contributed by atoms with Crippen LogP contribution in [0.2, 0.25) is 0 Å². The third kappa shape index (κ3) is 5.09. The lowest BCUT2D eigenvalue weighted by molar-refractivity contribution is -0.138. The minimum absolute atomic E-state index is 0.239.